The Morgan fingerprint density at radius 2 is 2.10 bits per heavy atom. The zero-order valence-electron chi connectivity index (χ0n) is 11.2. The van der Waals surface area contributed by atoms with Crippen LogP contribution in [0.5, 0.6) is 5.75 Å². The highest BCUT2D eigenvalue weighted by Gasteiger charge is 2.15. The highest BCUT2D eigenvalue weighted by atomic mass is 35.5. The second-order valence-corrected chi connectivity index (χ2v) is 6.16. The summed E-state index contributed by atoms with van der Waals surface area (Å²) < 4.78 is 7.89. The monoisotopic (exact) mass is 308 g/mol. The van der Waals surface area contributed by atoms with E-state index in [-0.39, 0.29) is 0 Å². The van der Waals surface area contributed by atoms with Crippen molar-refractivity contribution in [2.45, 2.75) is 24.5 Å². The molecule has 20 heavy (non-hydrogen) atoms. The predicted octanol–water partition coefficient (Wildman–Crippen LogP) is 4.05. The van der Waals surface area contributed by atoms with E-state index in [2.05, 4.69) is 27.9 Å². The zero-order valence-corrected chi connectivity index (χ0v) is 12.8. The summed E-state index contributed by atoms with van der Waals surface area (Å²) in [5, 5.41) is 1.13. The van der Waals surface area contributed by atoms with Crippen molar-refractivity contribution in [1.82, 2.24) is 9.55 Å². The van der Waals surface area contributed by atoms with Crippen LogP contribution in [0.3, 0.4) is 0 Å². The van der Waals surface area contributed by atoms with Crippen LogP contribution in [-0.2, 0) is 6.54 Å². The lowest BCUT2D eigenvalue weighted by Gasteiger charge is -2.06. The molecular weight excluding hydrogens is 292 g/mol. The molecule has 1 aliphatic rings. The number of aromatic nitrogens is 2. The van der Waals surface area contributed by atoms with Gasteiger partial charge in [-0.15, -0.1) is 11.6 Å². The van der Waals surface area contributed by atoms with Gasteiger partial charge in [0.1, 0.15) is 5.75 Å². The fraction of sp³-hybridized carbons (Fsp3) is 0.400. The van der Waals surface area contributed by atoms with Gasteiger partial charge in [0.15, 0.2) is 5.16 Å². The third-order valence-corrected chi connectivity index (χ3v) is 4.49. The molecule has 2 aromatic rings. The quantitative estimate of drug-likeness (QED) is 0.595. The number of aryl methyl sites for hydroxylation is 1. The SMILES string of the molecule is ClCCCCOc1ccc(-c2cn3c(n2)SCC3)cc1. The summed E-state index contributed by atoms with van der Waals surface area (Å²) in [4.78, 5) is 4.65. The van der Waals surface area contributed by atoms with Crippen molar-refractivity contribution in [1.29, 1.82) is 0 Å². The number of imidazole rings is 1. The molecule has 0 N–H and O–H groups in total. The number of nitrogens with zero attached hydrogens (tertiary/aromatic N) is 2. The van der Waals surface area contributed by atoms with E-state index in [0.717, 1.165) is 53.9 Å². The van der Waals surface area contributed by atoms with Gasteiger partial charge >= 0.3 is 0 Å². The lowest BCUT2D eigenvalue weighted by Crippen LogP contribution is -1.97. The van der Waals surface area contributed by atoms with Gasteiger partial charge in [-0.05, 0) is 37.1 Å². The number of unbranched alkanes of at least 4 members (excludes halogenated alkanes) is 1. The predicted molar refractivity (Wildman–Crippen MR) is 83.8 cm³/mol. The van der Waals surface area contributed by atoms with Crippen molar-refractivity contribution in [3.8, 4) is 17.0 Å². The van der Waals surface area contributed by atoms with Gasteiger partial charge in [0.2, 0.25) is 0 Å². The maximum absolute atomic E-state index is 5.67. The van der Waals surface area contributed by atoms with Gasteiger partial charge < -0.3 is 9.30 Å². The summed E-state index contributed by atoms with van der Waals surface area (Å²) in [7, 11) is 0. The number of hydrogen-bond donors (Lipinski definition) is 0. The highest BCUT2D eigenvalue weighted by molar-refractivity contribution is 7.99. The van der Waals surface area contributed by atoms with E-state index >= 15 is 0 Å². The van der Waals surface area contributed by atoms with Gasteiger partial charge in [0, 0.05) is 29.9 Å². The highest BCUT2D eigenvalue weighted by Crippen LogP contribution is 2.29. The Balaban J connectivity index is 1.63. The van der Waals surface area contributed by atoms with E-state index in [0.29, 0.717) is 5.88 Å². The van der Waals surface area contributed by atoms with Crippen LogP contribution in [0.4, 0.5) is 0 Å². The van der Waals surface area contributed by atoms with Gasteiger partial charge in [-0.2, -0.15) is 0 Å². The van der Waals surface area contributed by atoms with Gasteiger partial charge in [0.25, 0.3) is 0 Å². The largest absolute Gasteiger partial charge is 0.494 e. The van der Waals surface area contributed by atoms with E-state index in [1.165, 1.54) is 0 Å². The summed E-state index contributed by atoms with van der Waals surface area (Å²) >= 11 is 7.46. The maximum Gasteiger partial charge on any atom is 0.168 e. The molecule has 0 atom stereocenters. The molecule has 0 saturated carbocycles. The van der Waals surface area contributed by atoms with Gasteiger partial charge in [-0.25, -0.2) is 4.98 Å². The van der Waals surface area contributed by atoms with Crippen molar-refractivity contribution in [2.75, 3.05) is 18.2 Å². The van der Waals surface area contributed by atoms with Crippen molar-refractivity contribution in [3.05, 3.63) is 30.5 Å². The molecule has 1 aromatic carbocycles. The van der Waals surface area contributed by atoms with E-state index in [1.54, 1.807) is 0 Å². The lowest BCUT2D eigenvalue weighted by molar-refractivity contribution is 0.310. The van der Waals surface area contributed by atoms with E-state index in [4.69, 9.17) is 16.3 Å². The molecule has 106 valence electrons. The van der Waals surface area contributed by atoms with Crippen LogP contribution in [0.1, 0.15) is 12.8 Å². The lowest BCUT2D eigenvalue weighted by atomic mass is 10.1. The number of benzene rings is 1. The first kappa shape index (κ1) is 13.8. The number of halogens is 1. The summed E-state index contributed by atoms with van der Waals surface area (Å²) in [6.45, 7) is 1.79. The van der Waals surface area contributed by atoms with E-state index in [1.807, 2.05) is 23.9 Å². The summed E-state index contributed by atoms with van der Waals surface area (Å²) in [5.41, 5.74) is 2.18. The normalized spacial score (nSPS) is 13.4. The Labute approximate surface area is 128 Å². The molecule has 1 aliphatic heterocycles. The second kappa shape index (κ2) is 6.55. The molecule has 0 saturated heterocycles. The first-order chi connectivity index (χ1) is 9.86. The first-order valence-corrected chi connectivity index (χ1v) is 8.38. The molecule has 0 radical (unpaired) electrons. The van der Waals surface area contributed by atoms with Gasteiger partial charge in [-0.1, -0.05) is 11.8 Å². The summed E-state index contributed by atoms with van der Waals surface area (Å²) in [6, 6.07) is 8.15. The van der Waals surface area contributed by atoms with Crippen molar-refractivity contribution in [2.24, 2.45) is 0 Å². The number of thioether (sulfide) groups is 1. The molecule has 3 nitrogen and oxygen atoms in total. The Kier molecular flexibility index (Phi) is 4.53. The van der Waals surface area contributed by atoms with Crippen molar-refractivity contribution in [3.63, 3.8) is 0 Å². The Hall–Kier alpha value is -1.13. The van der Waals surface area contributed by atoms with Crippen molar-refractivity contribution >= 4 is 23.4 Å². The second-order valence-electron chi connectivity index (χ2n) is 4.72. The standard InChI is InChI=1S/C15H17ClN2OS/c16-7-1-2-9-19-13-5-3-12(4-6-13)14-11-18-8-10-20-15(18)17-14/h3-6,11H,1-2,7-10H2. The van der Waals surface area contributed by atoms with Gasteiger partial charge in [-0.3, -0.25) is 0 Å². The first-order valence-electron chi connectivity index (χ1n) is 6.86. The maximum atomic E-state index is 5.67. The number of ether oxygens (including phenoxy) is 1. The summed E-state index contributed by atoms with van der Waals surface area (Å²) in [6.07, 6.45) is 4.12. The van der Waals surface area contributed by atoms with Crippen LogP contribution in [0.2, 0.25) is 0 Å². The Morgan fingerprint density at radius 3 is 2.85 bits per heavy atom. The third-order valence-electron chi connectivity index (χ3n) is 3.25. The number of hydrogen-bond acceptors (Lipinski definition) is 3. The van der Waals surface area contributed by atoms with Crippen LogP contribution in [0, 0.1) is 0 Å². The van der Waals surface area contributed by atoms with Crippen molar-refractivity contribution < 1.29 is 4.74 Å². The summed E-state index contributed by atoms with van der Waals surface area (Å²) in [5.74, 6) is 2.74. The zero-order chi connectivity index (χ0) is 13.8. The molecule has 0 amide bonds. The van der Waals surface area contributed by atoms with Gasteiger partial charge in [0.05, 0.1) is 12.3 Å². The minimum absolute atomic E-state index is 0.700. The third kappa shape index (κ3) is 3.13. The molecular formula is C15H17ClN2OS. The number of fused-ring (bicyclic) bond motifs is 1. The topological polar surface area (TPSA) is 27.1 Å². The number of rotatable bonds is 6. The molecule has 2 heterocycles. The fourth-order valence-electron chi connectivity index (χ4n) is 2.16. The molecule has 0 bridgehead atoms. The molecule has 3 rings (SSSR count). The Bertz CT molecular complexity index is 546. The molecule has 0 aliphatic carbocycles. The molecule has 0 fully saturated rings. The van der Waals surface area contributed by atoms with Crippen LogP contribution >= 0.6 is 23.4 Å². The molecule has 0 unspecified atom stereocenters. The van der Waals surface area contributed by atoms with E-state index in [9.17, 15) is 0 Å². The van der Waals surface area contributed by atoms with Crippen LogP contribution in [-0.4, -0.2) is 27.8 Å². The van der Waals surface area contributed by atoms with Crippen LogP contribution < -0.4 is 4.74 Å². The number of alkyl halides is 1. The minimum Gasteiger partial charge on any atom is -0.494 e. The fourth-order valence-corrected chi connectivity index (χ4v) is 3.29. The molecule has 1 aromatic heterocycles. The van der Waals surface area contributed by atoms with Crippen LogP contribution in [0.25, 0.3) is 11.3 Å². The van der Waals surface area contributed by atoms with Crippen LogP contribution in [0.15, 0.2) is 35.6 Å². The average molecular weight is 309 g/mol. The smallest absolute Gasteiger partial charge is 0.168 e. The molecule has 0 spiro atoms. The minimum atomic E-state index is 0.700. The molecule has 5 heteroatoms. The van der Waals surface area contributed by atoms with E-state index < -0.39 is 0 Å². The Morgan fingerprint density at radius 1 is 1.25 bits per heavy atom. The average Bonchev–Trinajstić information content (AvgIpc) is 3.05.